The molecule has 1 saturated heterocycles. The molecule has 6 atom stereocenters. The van der Waals surface area contributed by atoms with Crippen molar-refractivity contribution in [1.82, 2.24) is 5.32 Å². The van der Waals surface area contributed by atoms with Crippen molar-refractivity contribution in [2.45, 2.75) is 76.6 Å². The van der Waals surface area contributed by atoms with Crippen molar-refractivity contribution >= 4 is 13.0 Å². The van der Waals surface area contributed by atoms with E-state index in [0.29, 0.717) is 17.3 Å². The van der Waals surface area contributed by atoms with Crippen LogP contribution in [0.3, 0.4) is 0 Å². The van der Waals surface area contributed by atoms with Gasteiger partial charge in [-0.1, -0.05) is 26.7 Å². The van der Waals surface area contributed by atoms with Crippen molar-refractivity contribution in [3.63, 3.8) is 0 Å². The summed E-state index contributed by atoms with van der Waals surface area (Å²) in [5.74, 6) is 1.58. The number of rotatable bonds is 7. The highest BCUT2D eigenvalue weighted by Crippen LogP contribution is 2.65. The zero-order valence-corrected chi connectivity index (χ0v) is 16.5. The molecule has 5 aliphatic rings. The Labute approximate surface area is 157 Å². The van der Waals surface area contributed by atoms with E-state index in [0.717, 1.165) is 18.8 Å². The van der Waals surface area contributed by atoms with E-state index in [2.05, 4.69) is 26.1 Å². The summed E-state index contributed by atoms with van der Waals surface area (Å²) in [5, 5.41) is 3.10. The standard InChI is InChI=1S/C19H33BN2O4/c1-18(2)12-8-14(18)19(3)15(9-12)25-20(26-19)16(7-11-5-6-11)22-17(23)13(21)10-24-4/h11-16H,5-10,21H2,1-4H3,(H,22,23)/t12-,13+,14-,15+,16-,19-/m0/s1. The third-order valence-corrected chi connectivity index (χ3v) is 7.59. The molecule has 5 fully saturated rings. The van der Waals surface area contributed by atoms with Crippen molar-refractivity contribution < 1.29 is 18.8 Å². The maximum absolute atomic E-state index is 12.4. The Hall–Kier alpha value is -0.625. The maximum atomic E-state index is 12.4. The van der Waals surface area contributed by atoms with Gasteiger partial charge in [-0.25, -0.2) is 0 Å². The van der Waals surface area contributed by atoms with Gasteiger partial charge in [-0.15, -0.1) is 0 Å². The highest BCUT2D eigenvalue weighted by Gasteiger charge is 2.68. The molecule has 0 unspecified atom stereocenters. The van der Waals surface area contributed by atoms with E-state index >= 15 is 0 Å². The molecule has 1 aliphatic heterocycles. The van der Waals surface area contributed by atoms with Crippen LogP contribution in [0.4, 0.5) is 0 Å². The average molecular weight is 364 g/mol. The van der Waals surface area contributed by atoms with Crippen LogP contribution in [-0.2, 0) is 18.8 Å². The second-order valence-electron chi connectivity index (χ2n) is 9.69. The molecule has 4 aliphatic carbocycles. The summed E-state index contributed by atoms with van der Waals surface area (Å²) in [6.07, 6.45) is 5.77. The SMILES string of the molecule is COC[C@@H](N)C(=O)N[C@@H](CC1CC1)B1O[C@@H]2C[C@@H]3C[C@@H](C3(C)C)[C@]2(C)O1. The zero-order chi connectivity index (χ0) is 18.7. The summed E-state index contributed by atoms with van der Waals surface area (Å²) < 4.78 is 18.0. The third-order valence-electron chi connectivity index (χ3n) is 7.59. The zero-order valence-electron chi connectivity index (χ0n) is 16.5. The van der Waals surface area contributed by atoms with Crippen molar-refractivity contribution in [2.24, 2.45) is 28.9 Å². The van der Waals surface area contributed by atoms with E-state index in [1.807, 2.05) is 0 Å². The van der Waals surface area contributed by atoms with Gasteiger partial charge in [-0.05, 0) is 49.4 Å². The third kappa shape index (κ3) is 3.01. The van der Waals surface area contributed by atoms with E-state index in [1.54, 1.807) is 7.11 Å². The number of hydrogen-bond donors (Lipinski definition) is 2. The summed E-state index contributed by atoms with van der Waals surface area (Å²) in [6.45, 7) is 7.15. The molecule has 2 bridgehead atoms. The molecule has 5 rings (SSSR count). The van der Waals surface area contributed by atoms with Gasteiger partial charge in [0.1, 0.15) is 6.04 Å². The van der Waals surface area contributed by atoms with Crippen molar-refractivity contribution in [2.75, 3.05) is 13.7 Å². The average Bonchev–Trinajstić information content (AvgIpc) is 3.31. The fourth-order valence-electron chi connectivity index (χ4n) is 5.57. The summed E-state index contributed by atoms with van der Waals surface area (Å²) in [4.78, 5) is 12.4. The van der Waals surface area contributed by atoms with Gasteiger partial charge in [0, 0.05) is 7.11 Å². The lowest BCUT2D eigenvalue weighted by Gasteiger charge is -2.64. The first-order valence-corrected chi connectivity index (χ1v) is 10.1. The van der Waals surface area contributed by atoms with Crippen LogP contribution in [0.25, 0.3) is 0 Å². The topological polar surface area (TPSA) is 82.8 Å². The summed E-state index contributed by atoms with van der Waals surface area (Å²) in [7, 11) is 1.18. The van der Waals surface area contributed by atoms with Gasteiger partial charge in [0.05, 0.1) is 24.3 Å². The Morgan fingerprint density at radius 2 is 2.08 bits per heavy atom. The van der Waals surface area contributed by atoms with Crippen molar-refractivity contribution in [3.8, 4) is 0 Å². The number of nitrogens with two attached hydrogens (primary N) is 1. The maximum Gasteiger partial charge on any atom is 0.481 e. The Morgan fingerprint density at radius 1 is 1.35 bits per heavy atom. The van der Waals surface area contributed by atoms with E-state index in [9.17, 15) is 4.79 Å². The van der Waals surface area contributed by atoms with Crippen LogP contribution in [0.15, 0.2) is 0 Å². The molecule has 0 spiro atoms. The first kappa shape index (κ1) is 18.7. The lowest BCUT2D eigenvalue weighted by molar-refractivity contribution is -0.199. The molecule has 4 saturated carbocycles. The van der Waals surface area contributed by atoms with Crippen molar-refractivity contribution in [1.29, 1.82) is 0 Å². The summed E-state index contributed by atoms with van der Waals surface area (Å²) in [6, 6.07) is -0.660. The van der Waals surface area contributed by atoms with Crippen LogP contribution in [0.2, 0.25) is 0 Å². The molecule has 1 amide bonds. The van der Waals surface area contributed by atoms with Crippen LogP contribution < -0.4 is 11.1 Å². The minimum atomic E-state index is -0.660. The van der Waals surface area contributed by atoms with Gasteiger partial charge in [-0.3, -0.25) is 4.79 Å². The predicted octanol–water partition coefficient (Wildman–Crippen LogP) is 1.51. The number of methoxy groups -OCH3 is 1. The lowest BCUT2D eigenvalue weighted by Crippen LogP contribution is -2.65. The van der Waals surface area contributed by atoms with Gasteiger partial charge in [0.15, 0.2) is 0 Å². The molecular formula is C19H33BN2O4. The fraction of sp³-hybridized carbons (Fsp3) is 0.947. The van der Waals surface area contributed by atoms with Gasteiger partial charge in [0.2, 0.25) is 5.91 Å². The number of ether oxygens (including phenoxy) is 1. The van der Waals surface area contributed by atoms with Gasteiger partial charge < -0.3 is 25.1 Å². The first-order valence-electron chi connectivity index (χ1n) is 10.1. The Balaban J connectivity index is 1.46. The molecule has 7 heteroatoms. The largest absolute Gasteiger partial charge is 0.481 e. The van der Waals surface area contributed by atoms with Crippen LogP contribution in [0, 0.1) is 23.2 Å². The molecule has 3 N–H and O–H groups in total. The molecule has 26 heavy (non-hydrogen) atoms. The van der Waals surface area contributed by atoms with Crippen LogP contribution >= 0.6 is 0 Å². The second-order valence-corrected chi connectivity index (χ2v) is 9.69. The number of carbonyl (C=O) groups is 1. The molecule has 0 aromatic rings. The van der Waals surface area contributed by atoms with E-state index in [-0.39, 0.29) is 37.3 Å². The highest BCUT2D eigenvalue weighted by molar-refractivity contribution is 6.47. The van der Waals surface area contributed by atoms with Crippen LogP contribution in [0.1, 0.15) is 52.9 Å². The second kappa shape index (κ2) is 6.47. The summed E-state index contributed by atoms with van der Waals surface area (Å²) >= 11 is 0. The predicted molar refractivity (Wildman–Crippen MR) is 99.2 cm³/mol. The van der Waals surface area contributed by atoms with E-state index < -0.39 is 6.04 Å². The summed E-state index contributed by atoms with van der Waals surface area (Å²) in [5.41, 5.74) is 5.98. The number of carbonyl (C=O) groups excluding carboxylic acids is 1. The van der Waals surface area contributed by atoms with Crippen LogP contribution in [0.5, 0.6) is 0 Å². The number of amides is 1. The quantitative estimate of drug-likeness (QED) is 0.670. The van der Waals surface area contributed by atoms with Crippen molar-refractivity contribution in [3.05, 3.63) is 0 Å². The fourth-order valence-corrected chi connectivity index (χ4v) is 5.57. The van der Waals surface area contributed by atoms with Gasteiger partial charge >= 0.3 is 7.12 Å². The minimum absolute atomic E-state index is 0.135. The van der Waals surface area contributed by atoms with E-state index in [4.69, 9.17) is 19.8 Å². The van der Waals surface area contributed by atoms with Gasteiger partial charge in [-0.2, -0.15) is 0 Å². The number of hydrogen-bond acceptors (Lipinski definition) is 5. The Kier molecular flexibility index (Phi) is 4.66. The minimum Gasteiger partial charge on any atom is -0.404 e. The lowest BCUT2D eigenvalue weighted by atomic mass is 9.43. The Morgan fingerprint density at radius 3 is 2.69 bits per heavy atom. The van der Waals surface area contributed by atoms with E-state index in [1.165, 1.54) is 19.3 Å². The first-order chi connectivity index (χ1) is 12.3. The molecule has 6 nitrogen and oxygen atoms in total. The molecule has 146 valence electrons. The van der Waals surface area contributed by atoms with Crippen LogP contribution in [-0.4, -0.2) is 50.4 Å². The monoisotopic (exact) mass is 364 g/mol. The number of nitrogens with one attached hydrogen (secondary N) is 1. The molecule has 0 radical (unpaired) electrons. The normalized spacial score (nSPS) is 39.7. The molecule has 0 aromatic heterocycles. The van der Waals surface area contributed by atoms with Gasteiger partial charge in [0.25, 0.3) is 0 Å². The smallest absolute Gasteiger partial charge is 0.404 e. The molecule has 0 aromatic carbocycles. The Bertz CT molecular complexity index is 570. The molecular weight excluding hydrogens is 331 g/mol. The highest BCUT2D eigenvalue weighted by atomic mass is 16.7. The molecule has 1 heterocycles.